The third kappa shape index (κ3) is 5.05. The summed E-state index contributed by atoms with van der Waals surface area (Å²) in [6, 6.07) is 14.0. The molecular weight excluding hydrogens is 525 g/mol. The van der Waals surface area contributed by atoms with Crippen LogP contribution in [0.5, 0.6) is 11.5 Å². The maximum atomic E-state index is 13.4. The summed E-state index contributed by atoms with van der Waals surface area (Å²) in [4.78, 5) is 4.85. The SMILES string of the molecule is [B]c1cnn2c(NCC3CCCN(S(=O)(=O)c4ccc(OC)c(OC)c4)C3)cc(-c3ccccc3Cl)nc12. The van der Waals surface area contributed by atoms with E-state index in [0.717, 1.165) is 18.4 Å². The minimum absolute atomic E-state index is 0.0820. The van der Waals surface area contributed by atoms with Crippen molar-refractivity contribution in [2.75, 3.05) is 39.2 Å². The predicted molar refractivity (Wildman–Crippen MR) is 148 cm³/mol. The molecule has 1 unspecified atom stereocenters. The molecule has 2 aromatic carbocycles. The number of hydrogen-bond acceptors (Lipinski definition) is 7. The Bertz CT molecular complexity index is 1580. The fourth-order valence-electron chi connectivity index (χ4n) is 4.70. The molecule has 0 saturated carbocycles. The summed E-state index contributed by atoms with van der Waals surface area (Å²) in [6.07, 6.45) is 3.20. The van der Waals surface area contributed by atoms with Crippen LogP contribution in [0.4, 0.5) is 5.82 Å². The van der Waals surface area contributed by atoms with Gasteiger partial charge in [0.25, 0.3) is 0 Å². The molecule has 1 aliphatic rings. The van der Waals surface area contributed by atoms with E-state index in [1.54, 1.807) is 22.8 Å². The highest BCUT2D eigenvalue weighted by atomic mass is 35.5. The van der Waals surface area contributed by atoms with Crippen LogP contribution in [0.1, 0.15) is 12.8 Å². The fourth-order valence-corrected chi connectivity index (χ4v) is 6.50. The van der Waals surface area contributed by atoms with Crippen molar-refractivity contribution < 1.29 is 17.9 Å². The van der Waals surface area contributed by atoms with Gasteiger partial charge in [-0.2, -0.15) is 13.9 Å². The summed E-state index contributed by atoms with van der Waals surface area (Å²) in [6.45, 7) is 1.38. The average molecular weight is 552 g/mol. The summed E-state index contributed by atoms with van der Waals surface area (Å²) >= 11 is 6.43. The van der Waals surface area contributed by atoms with Crippen molar-refractivity contribution in [3.05, 3.63) is 59.8 Å². The Balaban J connectivity index is 1.36. The van der Waals surface area contributed by atoms with E-state index in [0.29, 0.717) is 58.8 Å². The number of aromatic nitrogens is 3. The highest BCUT2D eigenvalue weighted by Gasteiger charge is 2.31. The first-order chi connectivity index (χ1) is 18.3. The summed E-state index contributed by atoms with van der Waals surface area (Å²) in [5.74, 6) is 1.63. The number of piperidine rings is 1. The summed E-state index contributed by atoms with van der Waals surface area (Å²) in [5.41, 5.74) is 2.42. The molecule has 4 aromatic rings. The highest BCUT2D eigenvalue weighted by Crippen LogP contribution is 2.32. The fraction of sp³-hybridized carbons (Fsp3) is 0.308. The van der Waals surface area contributed by atoms with E-state index in [1.807, 2.05) is 30.3 Å². The minimum atomic E-state index is -3.70. The molecule has 0 spiro atoms. The van der Waals surface area contributed by atoms with Gasteiger partial charge >= 0.3 is 0 Å². The molecule has 0 bridgehead atoms. The number of methoxy groups -OCH3 is 2. The van der Waals surface area contributed by atoms with Gasteiger partial charge in [0.2, 0.25) is 10.0 Å². The van der Waals surface area contributed by atoms with Crippen molar-refractivity contribution in [3.8, 4) is 22.8 Å². The van der Waals surface area contributed by atoms with Gasteiger partial charge in [-0.1, -0.05) is 29.8 Å². The summed E-state index contributed by atoms with van der Waals surface area (Å²) < 4.78 is 40.6. The number of hydrogen-bond donors (Lipinski definition) is 1. The number of anilines is 1. The zero-order valence-electron chi connectivity index (χ0n) is 21.1. The van der Waals surface area contributed by atoms with Crippen molar-refractivity contribution in [1.82, 2.24) is 18.9 Å². The second-order valence-electron chi connectivity index (χ2n) is 9.11. The maximum absolute atomic E-state index is 13.4. The van der Waals surface area contributed by atoms with Crippen LogP contribution in [0.3, 0.4) is 0 Å². The van der Waals surface area contributed by atoms with Crippen LogP contribution >= 0.6 is 11.6 Å². The molecular formula is C26H27BClN5O4S. The highest BCUT2D eigenvalue weighted by molar-refractivity contribution is 7.89. The number of rotatable bonds is 8. The molecule has 2 radical (unpaired) electrons. The standard InChI is InChI=1S/C26H27BClN5O4S/c1-36-23-10-9-18(12-24(23)37-2)38(34,35)32-11-5-6-17(16-32)14-29-25-13-22(19-7-3-4-8-21(19)28)31-26-20(27)15-30-33(25)26/h3-4,7-10,12-13,15,17,29H,5-6,11,14,16H2,1-2H3. The molecule has 5 rings (SSSR count). The lowest BCUT2D eigenvalue weighted by molar-refractivity contribution is 0.275. The molecule has 0 aliphatic carbocycles. The Morgan fingerprint density at radius 1 is 1.13 bits per heavy atom. The average Bonchev–Trinajstić information content (AvgIpc) is 3.32. The van der Waals surface area contributed by atoms with Crippen molar-refractivity contribution in [2.24, 2.45) is 5.92 Å². The molecule has 9 nitrogen and oxygen atoms in total. The number of sulfonamides is 1. The van der Waals surface area contributed by atoms with Gasteiger partial charge in [0.05, 0.1) is 24.8 Å². The van der Waals surface area contributed by atoms with Crippen molar-refractivity contribution in [3.63, 3.8) is 0 Å². The molecule has 1 aliphatic heterocycles. The number of benzene rings is 2. The van der Waals surface area contributed by atoms with Crippen LogP contribution in [0.25, 0.3) is 16.9 Å². The van der Waals surface area contributed by atoms with Crippen LogP contribution in [0, 0.1) is 5.92 Å². The second kappa shape index (κ2) is 10.8. The smallest absolute Gasteiger partial charge is 0.243 e. The van der Waals surface area contributed by atoms with E-state index < -0.39 is 10.0 Å². The first-order valence-electron chi connectivity index (χ1n) is 12.2. The monoisotopic (exact) mass is 551 g/mol. The first-order valence-corrected chi connectivity index (χ1v) is 14.0. The maximum Gasteiger partial charge on any atom is 0.243 e. The van der Waals surface area contributed by atoms with Crippen LogP contribution in [-0.2, 0) is 10.0 Å². The van der Waals surface area contributed by atoms with E-state index in [4.69, 9.17) is 28.9 Å². The summed E-state index contributed by atoms with van der Waals surface area (Å²) in [7, 11) is 5.43. The number of nitrogens with zero attached hydrogens (tertiary/aromatic N) is 4. The van der Waals surface area contributed by atoms with Crippen LogP contribution < -0.4 is 20.3 Å². The van der Waals surface area contributed by atoms with Crippen molar-refractivity contribution in [1.29, 1.82) is 0 Å². The molecule has 12 heteroatoms. The van der Waals surface area contributed by atoms with Gasteiger partial charge < -0.3 is 14.8 Å². The number of fused-ring (bicyclic) bond motifs is 1. The van der Waals surface area contributed by atoms with Crippen LogP contribution in [0.15, 0.2) is 59.6 Å². The van der Waals surface area contributed by atoms with Gasteiger partial charge in [-0.05, 0) is 42.4 Å². The predicted octanol–water partition coefficient (Wildman–Crippen LogP) is 3.37. The van der Waals surface area contributed by atoms with E-state index in [-0.39, 0.29) is 10.8 Å². The van der Waals surface area contributed by atoms with Crippen molar-refractivity contribution >= 4 is 46.4 Å². The molecule has 1 saturated heterocycles. The van der Waals surface area contributed by atoms with Gasteiger partial charge in [0, 0.05) is 48.5 Å². The third-order valence-corrected chi connectivity index (χ3v) is 8.89. The second-order valence-corrected chi connectivity index (χ2v) is 11.5. The van der Waals surface area contributed by atoms with Gasteiger partial charge in [0.1, 0.15) is 13.7 Å². The molecule has 1 atom stereocenters. The first kappa shape index (κ1) is 26.3. The lowest BCUT2D eigenvalue weighted by Gasteiger charge is -2.32. The molecule has 3 heterocycles. The largest absolute Gasteiger partial charge is 0.493 e. The molecule has 0 amide bonds. The summed E-state index contributed by atoms with van der Waals surface area (Å²) in [5, 5.41) is 8.40. The van der Waals surface area contributed by atoms with E-state index in [9.17, 15) is 8.42 Å². The Kier molecular flexibility index (Phi) is 7.51. The number of ether oxygens (including phenoxy) is 2. The number of halogens is 1. The molecule has 196 valence electrons. The minimum Gasteiger partial charge on any atom is -0.493 e. The topological polar surface area (TPSA) is 98.1 Å². The molecule has 38 heavy (non-hydrogen) atoms. The van der Waals surface area contributed by atoms with Crippen LogP contribution in [-0.4, -0.2) is 69.0 Å². The van der Waals surface area contributed by atoms with E-state index in [1.165, 1.54) is 24.6 Å². The third-order valence-electron chi connectivity index (χ3n) is 6.70. The zero-order chi connectivity index (χ0) is 26.9. The lowest BCUT2D eigenvalue weighted by Crippen LogP contribution is -2.41. The molecule has 1 fully saturated rings. The van der Waals surface area contributed by atoms with Crippen molar-refractivity contribution in [2.45, 2.75) is 17.7 Å². The van der Waals surface area contributed by atoms with Crippen LogP contribution in [0.2, 0.25) is 5.02 Å². The Morgan fingerprint density at radius 2 is 1.92 bits per heavy atom. The Morgan fingerprint density at radius 3 is 2.68 bits per heavy atom. The van der Waals surface area contributed by atoms with Gasteiger partial charge in [-0.3, -0.25) is 0 Å². The normalized spacial score (nSPS) is 16.4. The molecule has 2 aromatic heterocycles. The Hall–Kier alpha value is -3.28. The number of nitrogens with one attached hydrogen (secondary N) is 1. The zero-order valence-corrected chi connectivity index (χ0v) is 22.7. The quantitative estimate of drug-likeness (QED) is 0.335. The van der Waals surface area contributed by atoms with Gasteiger partial charge in [0.15, 0.2) is 17.1 Å². The Labute approximate surface area is 228 Å². The van der Waals surface area contributed by atoms with E-state index >= 15 is 0 Å². The molecule has 1 N–H and O–H groups in total. The van der Waals surface area contributed by atoms with Gasteiger partial charge in [-0.25, -0.2) is 13.4 Å². The van der Waals surface area contributed by atoms with E-state index in [2.05, 4.69) is 15.4 Å². The lowest BCUT2D eigenvalue weighted by atomic mass is 9.99. The van der Waals surface area contributed by atoms with Gasteiger partial charge in [-0.15, -0.1) is 0 Å².